The minimum Gasteiger partial charge on any atom is -0.353 e. The van der Waals surface area contributed by atoms with Crippen molar-refractivity contribution in [2.45, 2.75) is 6.54 Å². The maximum atomic E-state index is 11.9. The lowest BCUT2D eigenvalue weighted by atomic mass is 9.99. The first-order valence-electron chi connectivity index (χ1n) is 6.24. The predicted octanol–water partition coefficient (Wildman–Crippen LogP) is 1.41. The lowest BCUT2D eigenvalue weighted by Gasteiger charge is -2.37. The van der Waals surface area contributed by atoms with Gasteiger partial charge in [-0.25, -0.2) is 4.98 Å². The number of aromatic nitrogens is 2. The lowest BCUT2D eigenvalue weighted by molar-refractivity contribution is -0.125. The Kier molecular flexibility index (Phi) is 3.50. The van der Waals surface area contributed by atoms with Crippen molar-refractivity contribution in [2.75, 3.05) is 18.4 Å². The van der Waals surface area contributed by atoms with E-state index >= 15 is 0 Å². The van der Waals surface area contributed by atoms with Gasteiger partial charge in [-0.3, -0.25) is 9.69 Å². The molecule has 3 rings (SSSR count). The minimum absolute atomic E-state index is 0.0216. The molecule has 2 N–H and O–H groups in total. The smallest absolute Gasteiger partial charge is 0.231 e. The zero-order valence-electron chi connectivity index (χ0n) is 10.7. The van der Waals surface area contributed by atoms with Gasteiger partial charge in [0.15, 0.2) is 5.13 Å². The van der Waals surface area contributed by atoms with Gasteiger partial charge in [0.2, 0.25) is 5.91 Å². The van der Waals surface area contributed by atoms with Crippen LogP contribution in [-0.2, 0) is 11.3 Å². The van der Waals surface area contributed by atoms with Crippen LogP contribution >= 0.6 is 11.3 Å². The van der Waals surface area contributed by atoms with Gasteiger partial charge in [0.25, 0.3) is 0 Å². The zero-order valence-corrected chi connectivity index (χ0v) is 11.5. The molecular weight excluding hydrogens is 274 g/mol. The molecule has 7 heteroatoms. The van der Waals surface area contributed by atoms with Gasteiger partial charge < -0.3 is 10.3 Å². The van der Waals surface area contributed by atoms with E-state index in [9.17, 15) is 4.79 Å². The average molecular weight is 287 g/mol. The molecule has 0 saturated carbocycles. The van der Waals surface area contributed by atoms with E-state index in [0.717, 1.165) is 25.2 Å². The van der Waals surface area contributed by atoms with Crippen LogP contribution in [0.3, 0.4) is 0 Å². The summed E-state index contributed by atoms with van der Waals surface area (Å²) in [7, 11) is 0. The Hall–Kier alpha value is -2.17. The van der Waals surface area contributed by atoms with Gasteiger partial charge in [-0.1, -0.05) is 0 Å². The summed E-state index contributed by atoms with van der Waals surface area (Å²) in [4.78, 5) is 21.0. The van der Waals surface area contributed by atoms with Crippen molar-refractivity contribution in [3.05, 3.63) is 35.1 Å². The molecule has 0 spiro atoms. The molecule has 2 aromatic heterocycles. The molecule has 1 amide bonds. The van der Waals surface area contributed by atoms with Gasteiger partial charge in [0.1, 0.15) is 11.8 Å². The molecule has 1 aliphatic rings. The molecular formula is C13H13N5OS. The van der Waals surface area contributed by atoms with Crippen LogP contribution in [0.15, 0.2) is 23.8 Å². The number of nitrogens with zero attached hydrogens (tertiary/aromatic N) is 3. The highest BCUT2D eigenvalue weighted by Gasteiger charge is 2.32. The first-order chi connectivity index (χ1) is 9.74. The van der Waals surface area contributed by atoms with Crippen molar-refractivity contribution in [3.8, 4) is 6.07 Å². The van der Waals surface area contributed by atoms with E-state index in [1.807, 2.05) is 17.6 Å². The van der Waals surface area contributed by atoms with Crippen molar-refractivity contribution in [1.82, 2.24) is 14.9 Å². The summed E-state index contributed by atoms with van der Waals surface area (Å²) in [5.41, 5.74) is 1.64. The number of thiazole rings is 1. The average Bonchev–Trinajstić information content (AvgIpc) is 3.03. The molecule has 6 nitrogen and oxygen atoms in total. The third-order valence-electron chi connectivity index (χ3n) is 3.26. The number of aromatic amines is 1. The second-order valence-corrected chi connectivity index (χ2v) is 5.65. The SMILES string of the molecule is N#Cc1cc(CN2CC(C(=O)Nc3nccs3)C2)c[nH]1. The minimum atomic E-state index is 0.0216. The van der Waals surface area contributed by atoms with E-state index in [1.54, 1.807) is 6.20 Å². The predicted molar refractivity (Wildman–Crippen MR) is 75.0 cm³/mol. The number of amides is 1. The first kappa shape index (κ1) is 12.8. The molecule has 0 bridgehead atoms. The highest BCUT2D eigenvalue weighted by atomic mass is 32.1. The third-order valence-corrected chi connectivity index (χ3v) is 3.95. The van der Waals surface area contributed by atoms with E-state index in [1.165, 1.54) is 11.3 Å². The van der Waals surface area contributed by atoms with Crippen LogP contribution in [0.1, 0.15) is 11.3 Å². The van der Waals surface area contributed by atoms with E-state index in [0.29, 0.717) is 10.8 Å². The van der Waals surface area contributed by atoms with Crippen molar-refractivity contribution >= 4 is 22.4 Å². The molecule has 2 aromatic rings. The summed E-state index contributed by atoms with van der Waals surface area (Å²) in [6, 6.07) is 3.90. The van der Waals surface area contributed by atoms with Gasteiger partial charge in [-0.05, 0) is 11.6 Å². The van der Waals surface area contributed by atoms with E-state index in [2.05, 4.69) is 26.3 Å². The molecule has 0 radical (unpaired) electrons. The van der Waals surface area contributed by atoms with Crippen LogP contribution in [0.4, 0.5) is 5.13 Å². The number of likely N-dealkylation sites (tertiary alicyclic amines) is 1. The Bertz CT molecular complexity index is 636. The molecule has 0 atom stereocenters. The van der Waals surface area contributed by atoms with Crippen molar-refractivity contribution in [2.24, 2.45) is 5.92 Å². The zero-order chi connectivity index (χ0) is 13.9. The Balaban J connectivity index is 1.46. The molecule has 0 aliphatic carbocycles. The molecule has 20 heavy (non-hydrogen) atoms. The number of hydrogen-bond acceptors (Lipinski definition) is 5. The highest BCUT2D eigenvalue weighted by molar-refractivity contribution is 7.13. The highest BCUT2D eigenvalue weighted by Crippen LogP contribution is 2.21. The normalized spacial score (nSPS) is 15.6. The van der Waals surface area contributed by atoms with Crippen LogP contribution < -0.4 is 5.32 Å². The molecule has 102 valence electrons. The number of hydrogen-bond donors (Lipinski definition) is 2. The fourth-order valence-electron chi connectivity index (χ4n) is 2.21. The molecule has 1 saturated heterocycles. The van der Waals surface area contributed by atoms with Crippen LogP contribution in [0.2, 0.25) is 0 Å². The third kappa shape index (κ3) is 2.71. The Morgan fingerprint density at radius 3 is 3.15 bits per heavy atom. The fraction of sp³-hybridized carbons (Fsp3) is 0.308. The maximum Gasteiger partial charge on any atom is 0.231 e. The quantitative estimate of drug-likeness (QED) is 0.890. The Morgan fingerprint density at radius 2 is 2.50 bits per heavy atom. The number of carbonyl (C=O) groups excluding carboxylic acids is 1. The number of carbonyl (C=O) groups is 1. The van der Waals surface area contributed by atoms with Crippen molar-refractivity contribution in [3.63, 3.8) is 0 Å². The molecule has 0 aromatic carbocycles. The summed E-state index contributed by atoms with van der Waals surface area (Å²) in [6.45, 7) is 2.24. The summed E-state index contributed by atoms with van der Waals surface area (Å²) in [6.07, 6.45) is 3.51. The van der Waals surface area contributed by atoms with Crippen LogP contribution in [0.5, 0.6) is 0 Å². The Morgan fingerprint density at radius 1 is 1.65 bits per heavy atom. The summed E-state index contributed by atoms with van der Waals surface area (Å²) in [5, 5.41) is 14.0. The number of anilines is 1. The van der Waals surface area contributed by atoms with E-state index in [4.69, 9.17) is 5.26 Å². The number of nitriles is 1. The fourth-order valence-corrected chi connectivity index (χ4v) is 2.74. The number of H-pyrrole nitrogens is 1. The summed E-state index contributed by atoms with van der Waals surface area (Å²) < 4.78 is 0. The number of nitrogens with one attached hydrogen (secondary N) is 2. The molecule has 0 unspecified atom stereocenters. The summed E-state index contributed by atoms with van der Waals surface area (Å²) >= 11 is 1.42. The second-order valence-electron chi connectivity index (χ2n) is 4.75. The van der Waals surface area contributed by atoms with E-state index in [-0.39, 0.29) is 11.8 Å². The van der Waals surface area contributed by atoms with Gasteiger partial charge in [0.05, 0.1) is 5.92 Å². The standard InChI is InChI=1S/C13H13N5OS/c14-4-11-3-9(5-16-11)6-18-7-10(8-18)12(19)17-13-15-1-2-20-13/h1-3,5,10,16H,6-8H2,(H,15,17,19). The maximum absolute atomic E-state index is 11.9. The van der Waals surface area contributed by atoms with E-state index < -0.39 is 0 Å². The molecule has 1 fully saturated rings. The van der Waals surface area contributed by atoms with Crippen LogP contribution in [0.25, 0.3) is 0 Å². The largest absolute Gasteiger partial charge is 0.353 e. The van der Waals surface area contributed by atoms with Gasteiger partial charge in [-0.2, -0.15) is 5.26 Å². The first-order valence-corrected chi connectivity index (χ1v) is 7.12. The van der Waals surface area contributed by atoms with Crippen LogP contribution in [-0.4, -0.2) is 33.9 Å². The van der Waals surface area contributed by atoms with Crippen molar-refractivity contribution in [1.29, 1.82) is 5.26 Å². The topological polar surface area (TPSA) is 84.8 Å². The van der Waals surface area contributed by atoms with Gasteiger partial charge >= 0.3 is 0 Å². The van der Waals surface area contributed by atoms with Crippen molar-refractivity contribution < 1.29 is 4.79 Å². The monoisotopic (exact) mass is 287 g/mol. The van der Waals surface area contributed by atoms with Gasteiger partial charge in [-0.15, -0.1) is 11.3 Å². The van der Waals surface area contributed by atoms with Gasteiger partial charge in [0, 0.05) is 37.4 Å². The molecule has 3 heterocycles. The molecule has 1 aliphatic heterocycles. The summed E-state index contributed by atoms with van der Waals surface area (Å²) in [5.74, 6) is 0.0521. The second kappa shape index (κ2) is 5.45. The van der Waals surface area contributed by atoms with Crippen LogP contribution in [0, 0.1) is 17.2 Å². The lowest BCUT2D eigenvalue weighted by Crippen LogP contribution is -2.51. The Labute approximate surface area is 120 Å². The number of rotatable bonds is 4.